The monoisotopic (exact) mass is 402 g/mol. The van der Waals surface area contributed by atoms with Gasteiger partial charge in [0.15, 0.2) is 0 Å². The van der Waals surface area contributed by atoms with E-state index in [4.69, 9.17) is 5.73 Å². The average Bonchev–Trinajstić information content (AvgIpc) is 2.99. The van der Waals surface area contributed by atoms with Crippen molar-refractivity contribution < 1.29 is 4.79 Å². The summed E-state index contributed by atoms with van der Waals surface area (Å²) in [4.78, 5) is 19.0. The number of piperidine rings is 1. The van der Waals surface area contributed by atoms with Gasteiger partial charge in [-0.2, -0.15) is 0 Å². The van der Waals surface area contributed by atoms with Gasteiger partial charge < -0.3 is 16.0 Å². The normalized spacial score (nSPS) is 23.1. The second kappa shape index (κ2) is 11.0. The first-order chi connectivity index (χ1) is 11.6. The van der Waals surface area contributed by atoms with Crippen molar-refractivity contribution in [2.24, 2.45) is 17.6 Å². The average molecular weight is 403 g/mol. The third kappa shape index (κ3) is 6.29. The first-order valence-corrected chi connectivity index (χ1v) is 9.34. The van der Waals surface area contributed by atoms with Gasteiger partial charge in [0.2, 0.25) is 5.91 Å². The maximum absolute atomic E-state index is 12.1. The van der Waals surface area contributed by atoms with Gasteiger partial charge in [-0.1, -0.05) is 19.4 Å². The van der Waals surface area contributed by atoms with Gasteiger partial charge in [-0.15, -0.1) is 24.8 Å². The Bertz CT molecular complexity index is 547. The van der Waals surface area contributed by atoms with Crippen molar-refractivity contribution in [1.82, 2.24) is 10.3 Å². The molecule has 5 nitrogen and oxygen atoms in total. The maximum Gasteiger partial charge on any atom is 0.220 e. The zero-order valence-electron chi connectivity index (χ0n) is 15.5. The molecule has 0 radical (unpaired) electrons. The number of hydrogen-bond donors (Lipinski definition) is 2. The largest absolute Gasteiger partial charge is 0.357 e. The standard InChI is InChI=1S/C19H30N4O.2ClH/c1-14-7-9-23(10-8-14)18-6-5-15(12-21-18)13-22-19(24)11-16-3-2-4-17(16)20;;/h5-6,12,14,16-17H,2-4,7-11,13,20H2,1H3,(H,22,24);2*1H/t16-,17+;;/m0../s1. The SMILES string of the molecule is CC1CCN(c2ccc(CNC(=O)C[C@@H]3CCC[C@H]3N)cn2)CC1.Cl.Cl. The number of anilines is 1. The molecule has 26 heavy (non-hydrogen) atoms. The van der Waals surface area contributed by atoms with Crippen LogP contribution in [0.15, 0.2) is 18.3 Å². The number of rotatable bonds is 5. The van der Waals surface area contributed by atoms with E-state index in [0.717, 1.165) is 49.7 Å². The van der Waals surface area contributed by atoms with Crippen LogP contribution in [0.25, 0.3) is 0 Å². The number of amides is 1. The van der Waals surface area contributed by atoms with Crippen LogP contribution < -0.4 is 16.0 Å². The maximum atomic E-state index is 12.1. The molecule has 1 aromatic rings. The van der Waals surface area contributed by atoms with Crippen LogP contribution in [-0.4, -0.2) is 30.0 Å². The van der Waals surface area contributed by atoms with Crippen LogP contribution in [0.5, 0.6) is 0 Å². The Morgan fingerprint density at radius 3 is 2.54 bits per heavy atom. The lowest BCUT2D eigenvalue weighted by molar-refractivity contribution is -0.122. The zero-order chi connectivity index (χ0) is 16.9. The molecule has 3 N–H and O–H groups in total. The van der Waals surface area contributed by atoms with Gasteiger partial charge in [0.05, 0.1) is 0 Å². The molecule has 2 aliphatic rings. The van der Waals surface area contributed by atoms with Crippen molar-refractivity contribution >= 4 is 36.5 Å². The number of nitrogens with zero attached hydrogens (tertiary/aromatic N) is 2. The van der Waals surface area contributed by atoms with Crippen LogP contribution in [0.3, 0.4) is 0 Å². The summed E-state index contributed by atoms with van der Waals surface area (Å²) in [5.74, 6) is 2.33. The minimum atomic E-state index is 0. The number of carbonyl (C=O) groups is 1. The summed E-state index contributed by atoms with van der Waals surface area (Å²) < 4.78 is 0. The summed E-state index contributed by atoms with van der Waals surface area (Å²) >= 11 is 0. The van der Waals surface area contributed by atoms with Crippen molar-refractivity contribution in [2.45, 2.75) is 58.0 Å². The molecule has 1 saturated carbocycles. The van der Waals surface area contributed by atoms with Crippen LogP contribution >= 0.6 is 24.8 Å². The van der Waals surface area contributed by atoms with E-state index in [1.807, 2.05) is 6.20 Å². The van der Waals surface area contributed by atoms with Gasteiger partial charge in [0.25, 0.3) is 0 Å². The number of pyridine rings is 1. The minimum absolute atomic E-state index is 0. The molecular weight excluding hydrogens is 371 g/mol. The molecule has 1 amide bonds. The fraction of sp³-hybridized carbons (Fsp3) is 0.684. The molecule has 0 bridgehead atoms. The quantitative estimate of drug-likeness (QED) is 0.792. The second-order valence-corrected chi connectivity index (χ2v) is 7.53. The number of nitrogens with two attached hydrogens (primary N) is 1. The van der Waals surface area contributed by atoms with Crippen LogP contribution in [0.1, 0.15) is 51.0 Å². The van der Waals surface area contributed by atoms with Crippen LogP contribution in [0.4, 0.5) is 5.82 Å². The lowest BCUT2D eigenvalue weighted by atomic mass is 9.99. The molecule has 1 saturated heterocycles. The van der Waals surface area contributed by atoms with E-state index < -0.39 is 0 Å². The topological polar surface area (TPSA) is 71.2 Å². The Morgan fingerprint density at radius 1 is 1.23 bits per heavy atom. The van der Waals surface area contributed by atoms with E-state index >= 15 is 0 Å². The van der Waals surface area contributed by atoms with Crippen molar-refractivity contribution in [3.63, 3.8) is 0 Å². The summed E-state index contributed by atoms with van der Waals surface area (Å²) in [6.07, 6.45) is 8.21. The van der Waals surface area contributed by atoms with Gasteiger partial charge in [-0.05, 0) is 49.1 Å². The Labute approximate surface area is 169 Å². The van der Waals surface area contributed by atoms with E-state index in [1.54, 1.807) is 0 Å². The minimum Gasteiger partial charge on any atom is -0.357 e. The summed E-state index contributed by atoms with van der Waals surface area (Å²) in [7, 11) is 0. The molecule has 7 heteroatoms. The highest BCUT2D eigenvalue weighted by Crippen LogP contribution is 2.26. The van der Waals surface area contributed by atoms with E-state index in [2.05, 4.69) is 34.3 Å². The summed E-state index contributed by atoms with van der Waals surface area (Å²) in [6.45, 7) is 5.04. The summed E-state index contributed by atoms with van der Waals surface area (Å²) in [5, 5.41) is 3.00. The molecule has 2 heterocycles. The highest BCUT2D eigenvalue weighted by molar-refractivity contribution is 5.85. The molecule has 1 aromatic heterocycles. The highest BCUT2D eigenvalue weighted by atomic mass is 35.5. The fourth-order valence-electron chi connectivity index (χ4n) is 3.78. The van der Waals surface area contributed by atoms with Gasteiger partial charge in [0, 0.05) is 38.3 Å². The molecule has 148 valence electrons. The van der Waals surface area contributed by atoms with Crippen LogP contribution in [0, 0.1) is 11.8 Å². The number of aromatic nitrogens is 1. The van der Waals surface area contributed by atoms with Gasteiger partial charge in [-0.3, -0.25) is 4.79 Å². The van der Waals surface area contributed by atoms with E-state index in [9.17, 15) is 4.79 Å². The van der Waals surface area contributed by atoms with E-state index in [1.165, 1.54) is 12.8 Å². The van der Waals surface area contributed by atoms with Crippen molar-refractivity contribution in [3.05, 3.63) is 23.9 Å². The Morgan fingerprint density at radius 2 is 1.96 bits per heavy atom. The summed E-state index contributed by atoms with van der Waals surface area (Å²) in [5.41, 5.74) is 7.09. The third-order valence-corrected chi connectivity index (χ3v) is 5.57. The number of carbonyl (C=O) groups excluding carboxylic acids is 1. The Balaban J connectivity index is 0.00000169. The third-order valence-electron chi connectivity index (χ3n) is 5.57. The van der Waals surface area contributed by atoms with E-state index in [-0.39, 0.29) is 36.8 Å². The highest BCUT2D eigenvalue weighted by Gasteiger charge is 2.25. The first kappa shape index (κ1) is 23.0. The van der Waals surface area contributed by atoms with Gasteiger partial charge in [-0.25, -0.2) is 4.98 Å². The molecular formula is C19H32Cl2N4O. The molecule has 2 atom stereocenters. The van der Waals surface area contributed by atoms with Gasteiger partial charge >= 0.3 is 0 Å². The second-order valence-electron chi connectivity index (χ2n) is 7.53. The molecule has 3 rings (SSSR count). The lowest BCUT2D eigenvalue weighted by Gasteiger charge is -2.31. The predicted molar refractivity (Wildman–Crippen MR) is 111 cm³/mol. The van der Waals surface area contributed by atoms with E-state index in [0.29, 0.717) is 18.9 Å². The molecule has 2 fully saturated rings. The Hall–Kier alpha value is -1.04. The van der Waals surface area contributed by atoms with Crippen molar-refractivity contribution in [2.75, 3.05) is 18.0 Å². The predicted octanol–water partition coefficient (Wildman–Crippen LogP) is 3.30. The fourth-order valence-corrected chi connectivity index (χ4v) is 3.78. The summed E-state index contributed by atoms with van der Waals surface area (Å²) in [6, 6.07) is 4.34. The molecule has 1 aliphatic carbocycles. The number of hydrogen-bond acceptors (Lipinski definition) is 4. The Kier molecular flexibility index (Phi) is 9.69. The number of nitrogens with one attached hydrogen (secondary N) is 1. The smallest absolute Gasteiger partial charge is 0.220 e. The molecule has 0 aromatic carbocycles. The molecule has 0 spiro atoms. The first-order valence-electron chi connectivity index (χ1n) is 9.34. The zero-order valence-corrected chi connectivity index (χ0v) is 17.2. The lowest BCUT2D eigenvalue weighted by Crippen LogP contribution is -2.33. The van der Waals surface area contributed by atoms with Gasteiger partial charge in [0.1, 0.15) is 5.82 Å². The van der Waals surface area contributed by atoms with Crippen LogP contribution in [-0.2, 0) is 11.3 Å². The molecule has 0 unspecified atom stereocenters. The van der Waals surface area contributed by atoms with Crippen molar-refractivity contribution in [3.8, 4) is 0 Å². The van der Waals surface area contributed by atoms with Crippen LogP contribution in [0.2, 0.25) is 0 Å². The van der Waals surface area contributed by atoms with Crippen molar-refractivity contribution in [1.29, 1.82) is 0 Å². The number of halogens is 2. The molecule has 1 aliphatic heterocycles.